The van der Waals surface area contributed by atoms with Crippen molar-refractivity contribution < 1.29 is 19.3 Å². The third kappa shape index (κ3) is 5.90. The number of nitro groups is 1. The molecule has 3 aliphatic rings. The number of nitro benzene ring substituents is 1. The van der Waals surface area contributed by atoms with E-state index in [9.17, 15) is 24.5 Å². The highest BCUT2D eigenvalue weighted by molar-refractivity contribution is 6.24. The predicted octanol–water partition coefficient (Wildman–Crippen LogP) is 4.91. The number of nitrogens with one attached hydrogen (secondary N) is 1. The minimum Gasteiger partial charge on any atom is -0.342 e. The van der Waals surface area contributed by atoms with Crippen LogP contribution < -0.4 is 5.32 Å². The summed E-state index contributed by atoms with van der Waals surface area (Å²) in [6.45, 7) is 4.22. The summed E-state index contributed by atoms with van der Waals surface area (Å²) in [5.41, 5.74) is 6.10. The van der Waals surface area contributed by atoms with E-state index in [2.05, 4.69) is 5.32 Å². The van der Waals surface area contributed by atoms with Crippen molar-refractivity contribution in [2.45, 2.75) is 51.5 Å². The molecule has 0 saturated carbocycles. The fourth-order valence-electron chi connectivity index (χ4n) is 6.15. The van der Waals surface area contributed by atoms with Crippen LogP contribution in [-0.2, 0) is 33.8 Å². The first-order valence-corrected chi connectivity index (χ1v) is 14.7. The van der Waals surface area contributed by atoms with Crippen molar-refractivity contribution in [1.29, 1.82) is 0 Å². The van der Waals surface area contributed by atoms with E-state index in [1.807, 2.05) is 52.3 Å². The van der Waals surface area contributed by atoms with Gasteiger partial charge in [0.15, 0.2) is 0 Å². The Kier molecular flexibility index (Phi) is 7.75. The number of hydrogen-bond donors (Lipinski definition) is 1. The largest absolute Gasteiger partial charge is 0.342 e. The SMILES string of the molecule is CC(=O)N1CCc2cc(N=C(c3ccc(CCN4CCCCC4=O)cc3)C3C(=O)Nc4ccc([N+](=O)[O-])cc43)ccc2C1. The molecule has 10 heteroatoms. The number of non-ortho nitro benzene ring substituents is 1. The first kappa shape index (κ1) is 28.3. The Bertz CT molecular complexity index is 1650. The first-order valence-electron chi connectivity index (χ1n) is 14.7. The number of piperidine rings is 1. The van der Waals surface area contributed by atoms with Gasteiger partial charge in [-0.2, -0.15) is 0 Å². The van der Waals surface area contributed by atoms with Gasteiger partial charge in [-0.05, 0) is 66.1 Å². The van der Waals surface area contributed by atoms with Crippen LogP contribution in [0.5, 0.6) is 0 Å². The van der Waals surface area contributed by atoms with Crippen molar-refractivity contribution in [3.63, 3.8) is 0 Å². The summed E-state index contributed by atoms with van der Waals surface area (Å²) in [6, 6.07) is 18.1. The molecule has 3 aliphatic heterocycles. The van der Waals surface area contributed by atoms with Crippen molar-refractivity contribution in [3.8, 4) is 0 Å². The molecule has 0 aliphatic carbocycles. The number of likely N-dealkylation sites (tertiary alicyclic amines) is 1. The molecule has 10 nitrogen and oxygen atoms in total. The number of nitrogens with zero attached hydrogens (tertiary/aromatic N) is 4. The summed E-state index contributed by atoms with van der Waals surface area (Å²) in [6.07, 6.45) is 4.03. The molecule has 1 saturated heterocycles. The van der Waals surface area contributed by atoms with Crippen molar-refractivity contribution in [3.05, 3.63) is 98.6 Å². The second-order valence-electron chi connectivity index (χ2n) is 11.4. The zero-order valence-corrected chi connectivity index (χ0v) is 24.0. The van der Waals surface area contributed by atoms with E-state index in [1.165, 1.54) is 12.1 Å². The Balaban J connectivity index is 1.35. The van der Waals surface area contributed by atoms with Gasteiger partial charge in [0.25, 0.3) is 5.69 Å². The molecule has 43 heavy (non-hydrogen) atoms. The maximum Gasteiger partial charge on any atom is 0.269 e. The van der Waals surface area contributed by atoms with Crippen LogP contribution in [0.1, 0.15) is 59.9 Å². The zero-order chi connectivity index (χ0) is 30.1. The molecule has 220 valence electrons. The van der Waals surface area contributed by atoms with Gasteiger partial charge < -0.3 is 15.1 Å². The highest BCUT2D eigenvalue weighted by atomic mass is 16.6. The molecular formula is C33H33N5O5. The molecule has 0 aromatic heterocycles. The molecule has 3 amide bonds. The molecule has 1 atom stereocenters. The van der Waals surface area contributed by atoms with Gasteiger partial charge in [-0.15, -0.1) is 0 Å². The smallest absolute Gasteiger partial charge is 0.269 e. The van der Waals surface area contributed by atoms with E-state index < -0.39 is 10.8 Å². The van der Waals surface area contributed by atoms with Crippen LogP contribution in [0.4, 0.5) is 17.1 Å². The quantitative estimate of drug-likeness (QED) is 0.242. The van der Waals surface area contributed by atoms with Crippen LogP contribution in [0.2, 0.25) is 0 Å². The van der Waals surface area contributed by atoms with Gasteiger partial charge in [0.2, 0.25) is 17.7 Å². The lowest BCUT2D eigenvalue weighted by Gasteiger charge is -2.28. The molecule has 6 rings (SSSR count). The van der Waals surface area contributed by atoms with E-state index >= 15 is 0 Å². The molecular weight excluding hydrogens is 546 g/mol. The third-order valence-electron chi connectivity index (χ3n) is 8.59. The van der Waals surface area contributed by atoms with E-state index in [-0.39, 0.29) is 23.4 Å². The van der Waals surface area contributed by atoms with E-state index in [0.717, 1.165) is 48.1 Å². The molecule has 3 aromatic rings. The fourth-order valence-corrected chi connectivity index (χ4v) is 6.15. The average Bonchev–Trinajstić information content (AvgIpc) is 3.34. The third-order valence-corrected chi connectivity index (χ3v) is 8.59. The van der Waals surface area contributed by atoms with Crippen molar-refractivity contribution >= 4 is 40.5 Å². The molecule has 1 fully saturated rings. The van der Waals surface area contributed by atoms with Gasteiger partial charge in [0, 0.05) is 62.9 Å². The highest BCUT2D eigenvalue weighted by Gasteiger charge is 2.37. The molecule has 0 bridgehead atoms. The summed E-state index contributed by atoms with van der Waals surface area (Å²) in [5, 5.41) is 14.4. The maximum absolute atomic E-state index is 13.4. The van der Waals surface area contributed by atoms with E-state index in [4.69, 9.17) is 4.99 Å². The van der Waals surface area contributed by atoms with Gasteiger partial charge in [0.1, 0.15) is 5.92 Å². The molecule has 3 aromatic carbocycles. The Labute approximate surface area is 249 Å². The van der Waals surface area contributed by atoms with Crippen LogP contribution in [0.15, 0.2) is 65.7 Å². The summed E-state index contributed by atoms with van der Waals surface area (Å²) in [5.74, 6) is -0.884. The normalized spacial score (nSPS) is 18.3. The zero-order valence-electron chi connectivity index (χ0n) is 24.0. The van der Waals surface area contributed by atoms with Crippen molar-refractivity contribution in [2.75, 3.05) is 25.0 Å². The summed E-state index contributed by atoms with van der Waals surface area (Å²) >= 11 is 0. The Morgan fingerprint density at radius 1 is 1.00 bits per heavy atom. The summed E-state index contributed by atoms with van der Waals surface area (Å²) in [4.78, 5) is 57.4. The lowest BCUT2D eigenvalue weighted by atomic mass is 9.89. The topological polar surface area (TPSA) is 125 Å². The van der Waals surface area contributed by atoms with Crippen LogP contribution in [-0.4, -0.2) is 57.8 Å². The molecule has 0 radical (unpaired) electrons. The number of fused-ring (bicyclic) bond motifs is 2. The summed E-state index contributed by atoms with van der Waals surface area (Å²) < 4.78 is 0. The second-order valence-corrected chi connectivity index (χ2v) is 11.4. The predicted molar refractivity (Wildman–Crippen MR) is 162 cm³/mol. The Morgan fingerprint density at radius 2 is 1.81 bits per heavy atom. The van der Waals surface area contributed by atoms with Crippen LogP contribution in [0.3, 0.4) is 0 Å². The monoisotopic (exact) mass is 579 g/mol. The number of anilines is 1. The lowest BCUT2D eigenvalue weighted by molar-refractivity contribution is -0.384. The molecule has 0 spiro atoms. The van der Waals surface area contributed by atoms with Crippen LogP contribution in [0, 0.1) is 10.1 Å². The molecule has 3 heterocycles. The van der Waals surface area contributed by atoms with Gasteiger partial charge in [-0.25, -0.2) is 0 Å². The van der Waals surface area contributed by atoms with Crippen LogP contribution >= 0.6 is 0 Å². The van der Waals surface area contributed by atoms with Crippen molar-refractivity contribution in [2.24, 2.45) is 4.99 Å². The fraction of sp³-hybridized carbons (Fsp3) is 0.333. The number of carbonyl (C=O) groups excluding carboxylic acids is 3. The number of aliphatic imine (C=N–C) groups is 1. The van der Waals surface area contributed by atoms with Gasteiger partial charge in [-0.1, -0.05) is 30.3 Å². The average molecular weight is 580 g/mol. The minimum atomic E-state index is -0.837. The minimum absolute atomic E-state index is 0.0426. The number of hydrogen-bond acceptors (Lipinski definition) is 6. The Morgan fingerprint density at radius 3 is 2.56 bits per heavy atom. The van der Waals surface area contributed by atoms with Gasteiger partial charge in [-0.3, -0.25) is 29.5 Å². The standard InChI is InChI=1S/C33H33N5O5/c1-21(39)37-17-14-24-18-26(10-9-25(24)20-37)34-32(31-28-19-27(38(42)43)11-12-29(28)35-33(31)41)23-7-5-22(6-8-23)13-16-36-15-3-2-4-30(36)40/h5-12,18-19,31H,2-4,13-17,20H2,1H3,(H,35,41). The van der Waals surface area contributed by atoms with Crippen molar-refractivity contribution in [1.82, 2.24) is 9.80 Å². The lowest BCUT2D eigenvalue weighted by Crippen LogP contribution is -2.36. The van der Waals surface area contributed by atoms with E-state index in [1.54, 1.807) is 13.0 Å². The van der Waals surface area contributed by atoms with Gasteiger partial charge in [0.05, 0.1) is 16.3 Å². The number of amides is 3. The molecule has 1 N–H and O–H groups in total. The van der Waals surface area contributed by atoms with E-state index in [0.29, 0.717) is 55.1 Å². The number of rotatable bonds is 7. The number of benzene rings is 3. The maximum atomic E-state index is 13.4. The molecule has 1 unspecified atom stereocenters. The first-order chi connectivity index (χ1) is 20.8. The Hall–Kier alpha value is -4.86. The number of carbonyl (C=O) groups is 3. The van der Waals surface area contributed by atoms with Crippen LogP contribution in [0.25, 0.3) is 0 Å². The second kappa shape index (κ2) is 11.8. The summed E-state index contributed by atoms with van der Waals surface area (Å²) in [7, 11) is 0. The highest BCUT2D eigenvalue weighted by Crippen LogP contribution is 2.38. The van der Waals surface area contributed by atoms with Gasteiger partial charge >= 0.3 is 0 Å².